The number of benzene rings is 2. The molecule has 7 nitrogen and oxygen atoms in total. The average molecular weight is 505 g/mol. The van der Waals surface area contributed by atoms with E-state index in [9.17, 15) is 27.6 Å². The first-order valence-corrected chi connectivity index (χ1v) is 12.0. The van der Waals surface area contributed by atoms with E-state index in [1.165, 1.54) is 6.07 Å². The Hall–Kier alpha value is -3.56. The summed E-state index contributed by atoms with van der Waals surface area (Å²) < 4.78 is 48.7. The molecule has 3 N–H and O–H groups in total. The lowest BCUT2D eigenvalue weighted by molar-refractivity contribution is -0.143. The largest absolute Gasteiger partial charge is 0.487 e. The Labute approximate surface area is 206 Å². The molecule has 2 amide bonds. The molecule has 0 aromatic heterocycles. The standard InChI is InChI=1S/C26H27F3N2O5/c27-20-13-16(5-8-18(20)14-1-2-14)24(32)30-11-12-31-25(33)19-9-10-21(23(29)22(19)28)36-17-6-3-15(4-7-17)26(34)35/h5,8-10,13-15,17H,1-4,6-7,11-12H2,(H,30,32)(H,31,33)(H,34,35)/t15-,17+. The van der Waals surface area contributed by atoms with Crippen molar-refractivity contribution < 1.29 is 37.4 Å². The summed E-state index contributed by atoms with van der Waals surface area (Å²) in [6.07, 6.45) is 3.04. The quantitative estimate of drug-likeness (QED) is 0.445. The summed E-state index contributed by atoms with van der Waals surface area (Å²) in [6.45, 7) is -0.0553. The van der Waals surface area contributed by atoms with Gasteiger partial charge in [-0.25, -0.2) is 8.78 Å². The Bertz CT molecular complexity index is 1160. The lowest BCUT2D eigenvalue weighted by Crippen LogP contribution is -2.35. The Kier molecular flexibility index (Phi) is 7.81. The van der Waals surface area contributed by atoms with Crippen LogP contribution < -0.4 is 15.4 Å². The van der Waals surface area contributed by atoms with Crippen molar-refractivity contribution in [3.8, 4) is 5.75 Å². The van der Waals surface area contributed by atoms with Crippen LogP contribution in [-0.2, 0) is 4.79 Å². The van der Waals surface area contributed by atoms with Gasteiger partial charge in [0.05, 0.1) is 17.6 Å². The van der Waals surface area contributed by atoms with Gasteiger partial charge in [-0.1, -0.05) is 6.07 Å². The molecule has 4 rings (SSSR count). The minimum atomic E-state index is -1.36. The maximum Gasteiger partial charge on any atom is 0.306 e. The third-order valence-electron chi connectivity index (χ3n) is 6.58. The van der Waals surface area contributed by atoms with Crippen LogP contribution in [0.5, 0.6) is 5.75 Å². The molecule has 2 saturated carbocycles. The molecule has 0 atom stereocenters. The molecular weight excluding hydrogens is 477 g/mol. The lowest BCUT2D eigenvalue weighted by atomic mass is 9.87. The van der Waals surface area contributed by atoms with Crippen LogP contribution in [0.2, 0.25) is 0 Å². The monoisotopic (exact) mass is 504 g/mol. The second kappa shape index (κ2) is 11.0. The zero-order valence-electron chi connectivity index (χ0n) is 19.5. The number of aliphatic carboxylic acids is 1. The first-order chi connectivity index (χ1) is 17.2. The molecule has 0 aliphatic heterocycles. The number of carbonyl (C=O) groups excluding carboxylic acids is 2. The maximum absolute atomic E-state index is 14.5. The smallest absolute Gasteiger partial charge is 0.306 e. The molecule has 2 aromatic carbocycles. The summed E-state index contributed by atoms with van der Waals surface area (Å²) in [5.41, 5.74) is 0.247. The molecule has 192 valence electrons. The SMILES string of the molecule is O=C(NCCNC(=O)c1ccc(O[C@H]2CC[C@@H](C(=O)O)CC2)c(F)c1F)c1ccc(C2CC2)c(F)c1. The highest BCUT2D eigenvalue weighted by molar-refractivity contribution is 5.95. The fraction of sp³-hybridized carbons (Fsp3) is 0.423. The molecule has 0 bridgehead atoms. The van der Waals surface area contributed by atoms with Crippen LogP contribution in [0.25, 0.3) is 0 Å². The van der Waals surface area contributed by atoms with E-state index in [4.69, 9.17) is 9.84 Å². The first-order valence-electron chi connectivity index (χ1n) is 12.0. The predicted octanol–water partition coefficient (Wildman–Crippen LogP) is 4.16. The highest BCUT2D eigenvalue weighted by Crippen LogP contribution is 2.41. The number of halogens is 3. The molecule has 10 heteroatoms. The van der Waals surface area contributed by atoms with Gasteiger partial charge in [0.1, 0.15) is 5.82 Å². The Balaban J connectivity index is 1.25. The van der Waals surface area contributed by atoms with Crippen molar-refractivity contribution in [2.75, 3.05) is 13.1 Å². The predicted molar refractivity (Wildman–Crippen MR) is 123 cm³/mol. The molecule has 0 saturated heterocycles. The topological polar surface area (TPSA) is 105 Å². The molecule has 2 fully saturated rings. The number of nitrogens with one attached hydrogen (secondary N) is 2. The molecule has 2 aliphatic rings. The Morgan fingerprint density at radius 1 is 0.861 bits per heavy atom. The van der Waals surface area contributed by atoms with Gasteiger partial charge >= 0.3 is 5.97 Å². The number of carboxylic acid groups (broad SMARTS) is 1. The van der Waals surface area contributed by atoms with Crippen molar-refractivity contribution in [3.05, 3.63) is 64.5 Å². The van der Waals surface area contributed by atoms with Crippen molar-refractivity contribution in [2.24, 2.45) is 5.92 Å². The fourth-order valence-electron chi connectivity index (χ4n) is 4.35. The second-order valence-corrected chi connectivity index (χ2v) is 9.19. The van der Waals surface area contributed by atoms with Gasteiger partial charge in [0.25, 0.3) is 11.8 Å². The zero-order valence-corrected chi connectivity index (χ0v) is 19.5. The van der Waals surface area contributed by atoms with Crippen molar-refractivity contribution >= 4 is 17.8 Å². The van der Waals surface area contributed by atoms with Gasteiger partial charge in [0.15, 0.2) is 11.6 Å². The van der Waals surface area contributed by atoms with E-state index in [1.54, 1.807) is 12.1 Å². The highest BCUT2D eigenvalue weighted by atomic mass is 19.2. The van der Waals surface area contributed by atoms with Crippen molar-refractivity contribution in [1.82, 2.24) is 10.6 Å². The van der Waals surface area contributed by atoms with Crippen LogP contribution >= 0.6 is 0 Å². The third kappa shape index (κ3) is 5.98. The van der Waals surface area contributed by atoms with Crippen molar-refractivity contribution in [1.29, 1.82) is 0 Å². The van der Waals surface area contributed by atoms with Crippen LogP contribution in [0.15, 0.2) is 30.3 Å². The van der Waals surface area contributed by atoms with E-state index in [-0.39, 0.29) is 30.3 Å². The van der Waals surface area contributed by atoms with Crippen molar-refractivity contribution in [3.63, 3.8) is 0 Å². The van der Waals surface area contributed by atoms with Crippen LogP contribution in [0, 0.1) is 23.4 Å². The number of carbonyl (C=O) groups is 3. The zero-order chi connectivity index (χ0) is 25.8. The summed E-state index contributed by atoms with van der Waals surface area (Å²) in [6, 6.07) is 6.60. The number of rotatable bonds is 9. The molecule has 0 spiro atoms. The van der Waals surface area contributed by atoms with Gasteiger partial charge in [0, 0.05) is 18.7 Å². The lowest BCUT2D eigenvalue weighted by Gasteiger charge is -2.27. The molecule has 0 heterocycles. The first kappa shape index (κ1) is 25.5. The summed E-state index contributed by atoms with van der Waals surface area (Å²) in [5, 5.41) is 14.0. The molecular formula is C26H27F3N2O5. The number of amides is 2. The molecule has 36 heavy (non-hydrogen) atoms. The normalized spacial score (nSPS) is 19.4. The molecule has 2 aliphatic carbocycles. The summed E-state index contributed by atoms with van der Waals surface area (Å²) in [4.78, 5) is 35.6. The van der Waals surface area contributed by atoms with Crippen LogP contribution in [0.1, 0.15) is 70.7 Å². The highest BCUT2D eigenvalue weighted by Gasteiger charge is 2.29. The molecule has 2 aromatic rings. The Morgan fingerprint density at radius 2 is 1.53 bits per heavy atom. The number of carboxylic acids is 1. The summed E-state index contributed by atoms with van der Waals surface area (Å²) in [7, 11) is 0. The van der Waals surface area contributed by atoms with Gasteiger partial charge in [-0.15, -0.1) is 0 Å². The average Bonchev–Trinajstić information content (AvgIpc) is 3.70. The van der Waals surface area contributed by atoms with Gasteiger partial charge in [-0.05, 0) is 74.3 Å². The van der Waals surface area contributed by atoms with Crippen LogP contribution in [0.4, 0.5) is 13.2 Å². The minimum absolute atomic E-state index is 0.000875. The molecule has 0 unspecified atom stereocenters. The molecule has 0 radical (unpaired) electrons. The minimum Gasteiger partial charge on any atom is -0.487 e. The van der Waals surface area contributed by atoms with E-state index in [1.807, 2.05) is 0 Å². The second-order valence-electron chi connectivity index (χ2n) is 9.19. The van der Waals surface area contributed by atoms with E-state index >= 15 is 0 Å². The van der Waals surface area contributed by atoms with Gasteiger partial charge in [0.2, 0.25) is 5.82 Å². The van der Waals surface area contributed by atoms with E-state index < -0.39 is 52.8 Å². The summed E-state index contributed by atoms with van der Waals surface area (Å²) >= 11 is 0. The number of hydrogen-bond acceptors (Lipinski definition) is 4. The van der Waals surface area contributed by atoms with Gasteiger partial charge in [-0.2, -0.15) is 4.39 Å². The van der Waals surface area contributed by atoms with Crippen molar-refractivity contribution in [2.45, 2.75) is 50.5 Å². The van der Waals surface area contributed by atoms with Gasteiger partial charge in [-0.3, -0.25) is 14.4 Å². The maximum atomic E-state index is 14.5. The van der Waals surface area contributed by atoms with Crippen LogP contribution in [0.3, 0.4) is 0 Å². The van der Waals surface area contributed by atoms with E-state index in [0.29, 0.717) is 31.2 Å². The van der Waals surface area contributed by atoms with Gasteiger partial charge < -0.3 is 20.5 Å². The third-order valence-corrected chi connectivity index (χ3v) is 6.58. The van der Waals surface area contributed by atoms with E-state index in [0.717, 1.165) is 25.0 Å². The summed E-state index contributed by atoms with van der Waals surface area (Å²) in [5.74, 6) is -5.91. The number of ether oxygens (including phenoxy) is 1. The Morgan fingerprint density at radius 3 is 2.14 bits per heavy atom. The van der Waals surface area contributed by atoms with E-state index in [2.05, 4.69) is 10.6 Å². The fourth-order valence-corrected chi connectivity index (χ4v) is 4.35. The number of hydrogen-bond donors (Lipinski definition) is 3. The van der Waals surface area contributed by atoms with Crippen LogP contribution in [-0.4, -0.2) is 42.1 Å².